The molecule has 2 aromatic rings. The lowest BCUT2D eigenvalue weighted by atomic mass is 9.85. The molecular formula is C24H30NO3+. The van der Waals surface area contributed by atoms with E-state index < -0.39 is 0 Å². The quantitative estimate of drug-likeness (QED) is 0.838. The number of carbonyl (C=O) groups is 1. The average Bonchev–Trinajstić information content (AvgIpc) is 3.03. The van der Waals surface area contributed by atoms with Gasteiger partial charge in [-0.3, -0.25) is 4.79 Å². The third-order valence-corrected chi connectivity index (χ3v) is 6.44. The molecule has 1 saturated heterocycles. The van der Waals surface area contributed by atoms with Crippen LogP contribution in [0.2, 0.25) is 0 Å². The number of likely N-dealkylation sites (tertiary alicyclic amines) is 1. The molecule has 1 atom stereocenters. The highest BCUT2D eigenvalue weighted by Crippen LogP contribution is 2.39. The predicted molar refractivity (Wildman–Crippen MR) is 109 cm³/mol. The molecule has 4 nitrogen and oxygen atoms in total. The maximum absolute atomic E-state index is 12.9. The molecule has 1 aliphatic heterocycles. The van der Waals surface area contributed by atoms with Crippen molar-refractivity contribution >= 4 is 5.78 Å². The van der Waals surface area contributed by atoms with Crippen molar-refractivity contribution in [3.63, 3.8) is 0 Å². The van der Waals surface area contributed by atoms with Crippen LogP contribution in [-0.4, -0.2) is 33.1 Å². The van der Waals surface area contributed by atoms with Crippen molar-refractivity contribution in [3.05, 3.63) is 59.2 Å². The van der Waals surface area contributed by atoms with Crippen molar-refractivity contribution < 1.29 is 19.2 Å². The molecule has 2 aliphatic rings. The molecule has 0 radical (unpaired) electrons. The van der Waals surface area contributed by atoms with Gasteiger partial charge in [-0.05, 0) is 49.3 Å². The predicted octanol–water partition coefficient (Wildman–Crippen LogP) is 2.94. The molecule has 0 spiro atoms. The van der Waals surface area contributed by atoms with Crippen LogP contribution in [0.1, 0.15) is 40.7 Å². The summed E-state index contributed by atoms with van der Waals surface area (Å²) < 4.78 is 10.8. The van der Waals surface area contributed by atoms with Crippen molar-refractivity contribution in [1.29, 1.82) is 0 Å². The van der Waals surface area contributed by atoms with Crippen LogP contribution in [0.3, 0.4) is 0 Å². The summed E-state index contributed by atoms with van der Waals surface area (Å²) in [4.78, 5) is 14.6. The zero-order valence-corrected chi connectivity index (χ0v) is 16.9. The van der Waals surface area contributed by atoms with Crippen LogP contribution in [0.15, 0.2) is 42.5 Å². The largest absolute Gasteiger partial charge is 0.493 e. The minimum absolute atomic E-state index is 0.118. The molecule has 2 aromatic carbocycles. The summed E-state index contributed by atoms with van der Waals surface area (Å²) in [6, 6.07) is 14.6. The lowest BCUT2D eigenvalue weighted by Crippen LogP contribution is -3.11. The molecule has 1 fully saturated rings. The van der Waals surface area contributed by atoms with Crippen molar-refractivity contribution in [1.82, 2.24) is 0 Å². The molecule has 1 aliphatic carbocycles. The fourth-order valence-corrected chi connectivity index (χ4v) is 4.87. The summed E-state index contributed by atoms with van der Waals surface area (Å²) in [5, 5.41) is 0. The van der Waals surface area contributed by atoms with Crippen LogP contribution in [0.4, 0.5) is 0 Å². The standard InChI is InChI=1S/C24H29NO3/c1-27-22-14-19-13-20(24(26)21(19)15-23(22)28-2)12-17-8-10-25(11-9-17)16-18-6-4-3-5-7-18/h3-7,14-15,17,20H,8-13,16H2,1-2H3/p+1/t20-/m1/s1. The van der Waals surface area contributed by atoms with E-state index in [4.69, 9.17) is 9.47 Å². The maximum atomic E-state index is 12.9. The molecule has 0 unspecified atom stereocenters. The van der Waals surface area contributed by atoms with Crippen LogP contribution in [0.25, 0.3) is 0 Å². The lowest BCUT2D eigenvalue weighted by molar-refractivity contribution is -0.919. The summed E-state index contributed by atoms with van der Waals surface area (Å²) in [7, 11) is 3.26. The number of hydrogen-bond donors (Lipinski definition) is 1. The number of rotatable bonds is 6. The second kappa shape index (κ2) is 8.36. The second-order valence-corrected chi connectivity index (χ2v) is 8.22. The number of nitrogens with one attached hydrogen (secondary N) is 1. The van der Waals surface area contributed by atoms with Crippen molar-refractivity contribution in [3.8, 4) is 11.5 Å². The Bertz CT molecular complexity index is 825. The van der Waals surface area contributed by atoms with E-state index in [2.05, 4.69) is 30.3 Å². The molecule has 148 valence electrons. The second-order valence-electron chi connectivity index (χ2n) is 8.22. The lowest BCUT2D eigenvalue weighted by Gasteiger charge is -2.30. The first-order valence-electron chi connectivity index (χ1n) is 10.3. The Morgan fingerprint density at radius 3 is 2.36 bits per heavy atom. The summed E-state index contributed by atoms with van der Waals surface area (Å²) in [6.07, 6.45) is 4.28. The highest BCUT2D eigenvalue weighted by molar-refractivity contribution is 6.02. The Labute approximate surface area is 167 Å². The van der Waals surface area contributed by atoms with E-state index in [0.717, 1.165) is 30.5 Å². The molecule has 0 amide bonds. The average molecular weight is 381 g/mol. The molecule has 0 saturated carbocycles. The van der Waals surface area contributed by atoms with Gasteiger partial charge in [0, 0.05) is 17.0 Å². The highest BCUT2D eigenvalue weighted by Gasteiger charge is 2.35. The minimum Gasteiger partial charge on any atom is -0.493 e. The molecule has 0 bridgehead atoms. The zero-order chi connectivity index (χ0) is 19.5. The van der Waals surface area contributed by atoms with Gasteiger partial charge in [0.25, 0.3) is 0 Å². The van der Waals surface area contributed by atoms with Crippen LogP contribution < -0.4 is 14.4 Å². The van der Waals surface area contributed by atoms with Crippen LogP contribution in [-0.2, 0) is 13.0 Å². The van der Waals surface area contributed by atoms with E-state index >= 15 is 0 Å². The van der Waals surface area contributed by atoms with E-state index in [1.807, 2.05) is 12.1 Å². The molecule has 4 heteroatoms. The Hall–Kier alpha value is -2.33. The number of Topliss-reactive ketones (excluding diaryl/α,β-unsaturated/α-hetero) is 1. The van der Waals surface area contributed by atoms with Crippen LogP contribution in [0.5, 0.6) is 11.5 Å². The number of carbonyl (C=O) groups excluding carboxylic acids is 1. The number of fused-ring (bicyclic) bond motifs is 1. The Kier molecular flexibility index (Phi) is 5.67. The van der Waals surface area contributed by atoms with Crippen molar-refractivity contribution in [2.24, 2.45) is 11.8 Å². The molecule has 0 aromatic heterocycles. The first-order chi connectivity index (χ1) is 13.7. The molecule has 4 rings (SSSR count). The minimum atomic E-state index is 0.118. The summed E-state index contributed by atoms with van der Waals surface area (Å²) in [5.74, 6) is 2.43. The number of benzene rings is 2. The monoisotopic (exact) mass is 380 g/mol. The maximum Gasteiger partial charge on any atom is 0.166 e. The number of quaternary nitrogens is 1. The van der Waals surface area contributed by atoms with Gasteiger partial charge in [0.2, 0.25) is 0 Å². The van der Waals surface area contributed by atoms with Gasteiger partial charge in [-0.2, -0.15) is 0 Å². The topological polar surface area (TPSA) is 40.0 Å². The van der Waals surface area contributed by atoms with Gasteiger partial charge >= 0.3 is 0 Å². The van der Waals surface area contributed by atoms with E-state index in [0.29, 0.717) is 17.4 Å². The summed E-state index contributed by atoms with van der Waals surface area (Å²) in [6.45, 7) is 3.52. The van der Waals surface area contributed by atoms with E-state index in [1.165, 1.54) is 31.5 Å². The number of hydrogen-bond acceptors (Lipinski definition) is 3. The number of methoxy groups -OCH3 is 2. The van der Waals surface area contributed by atoms with Crippen LogP contribution in [0, 0.1) is 11.8 Å². The fourth-order valence-electron chi connectivity index (χ4n) is 4.87. The van der Waals surface area contributed by atoms with Gasteiger partial charge in [-0.25, -0.2) is 0 Å². The van der Waals surface area contributed by atoms with Crippen molar-refractivity contribution in [2.75, 3.05) is 27.3 Å². The van der Waals surface area contributed by atoms with Gasteiger partial charge in [0.1, 0.15) is 6.54 Å². The fraction of sp³-hybridized carbons (Fsp3) is 0.458. The third-order valence-electron chi connectivity index (χ3n) is 6.44. The number of ketones is 1. The highest BCUT2D eigenvalue weighted by atomic mass is 16.5. The molecular weight excluding hydrogens is 350 g/mol. The molecule has 1 heterocycles. The van der Waals surface area contributed by atoms with Gasteiger partial charge in [0.05, 0.1) is 27.3 Å². The number of ether oxygens (including phenoxy) is 2. The van der Waals surface area contributed by atoms with Gasteiger partial charge in [-0.15, -0.1) is 0 Å². The Morgan fingerprint density at radius 1 is 1.00 bits per heavy atom. The Morgan fingerprint density at radius 2 is 1.68 bits per heavy atom. The zero-order valence-electron chi connectivity index (χ0n) is 16.9. The molecule has 1 N–H and O–H groups in total. The third kappa shape index (κ3) is 3.93. The number of piperidine rings is 1. The van der Waals surface area contributed by atoms with E-state index in [1.54, 1.807) is 19.1 Å². The molecule has 28 heavy (non-hydrogen) atoms. The van der Waals surface area contributed by atoms with Gasteiger partial charge < -0.3 is 14.4 Å². The summed E-state index contributed by atoms with van der Waals surface area (Å²) >= 11 is 0. The Balaban J connectivity index is 1.34. The summed E-state index contributed by atoms with van der Waals surface area (Å²) in [5.41, 5.74) is 3.36. The van der Waals surface area contributed by atoms with E-state index in [9.17, 15) is 4.79 Å². The first-order valence-corrected chi connectivity index (χ1v) is 10.3. The SMILES string of the molecule is COc1cc2c(cc1OC)C(=O)[C@H](CC1CC[NH+](Cc3ccccc3)CC1)C2. The normalized spacial score (nSPS) is 24.1. The smallest absolute Gasteiger partial charge is 0.166 e. The first kappa shape index (κ1) is 19.0. The van der Waals surface area contributed by atoms with Crippen molar-refractivity contribution in [2.45, 2.75) is 32.2 Å². The van der Waals surface area contributed by atoms with Crippen LogP contribution >= 0.6 is 0 Å². The van der Waals surface area contributed by atoms with E-state index in [-0.39, 0.29) is 11.7 Å². The van der Waals surface area contributed by atoms with Gasteiger partial charge in [0.15, 0.2) is 17.3 Å². The van der Waals surface area contributed by atoms with Gasteiger partial charge in [-0.1, -0.05) is 30.3 Å².